The first-order chi connectivity index (χ1) is 9.12. The fraction of sp³-hybridized carbons (Fsp3) is 0.833. The van der Waals surface area contributed by atoms with Crippen LogP contribution in [0.4, 0.5) is 0 Å². The van der Waals surface area contributed by atoms with Crippen LogP contribution in [0.15, 0.2) is 6.33 Å². The van der Waals surface area contributed by atoms with Crippen molar-refractivity contribution in [1.82, 2.24) is 19.7 Å². The molecule has 1 unspecified atom stereocenters. The lowest BCUT2D eigenvalue weighted by molar-refractivity contribution is -0.130. The van der Waals surface area contributed by atoms with Crippen molar-refractivity contribution >= 4 is 0 Å². The Morgan fingerprint density at radius 1 is 1.42 bits per heavy atom. The number of hydrogen-bond donors (Lipinski definition) is 1. The number of ether oxygens (including phenoxy) is 2. The fourth-order valence-corrected chi connectivity index (χ4v) is 2.49. The van der Waals surface area contributed by atoms with Gasteiger partial charge in [-0.05, 0) is 6.92 Å². The van der Waals surface area contributed by atoms with Gasteiger partial charge in [0.25, 0.3) is 0 Å². The Morgan fingerprint density at radius 2 is 2.16 bits per heavy atom. The first-order valence-electron chi connectivity index (χ1n) is 6.50. The first-order valence-corrected chi connectivity index (χ1v) is 6.50. The molecule has 7 nitrogen and oxygen atoms in total. The molecule has 1 aromatic rings. The second-order valence-electron chi connectivity index (χ2n) is 5.17. The molecule has 0 radical (unpaired) electrons. The van der Waals surface area contributed by atoms with E-state index in [1.807, 2.05) is 0 Å². The maximum atomic E-state index is 6.00. The summed E-state index contributed by atoms with van der Waals surface area (Å²) in [5.74, 6) is 0.984. The third-order valence-corrected chi connectivity index (χ3v) is 3.97. The molecule has 7 heteroatoms. The van der Waals surface area contributed by atoms with Crippen LogP contribution in [-0.2, 0) is 22.6 Å². The Kier molecular flexibility index (Phi) is 4.51. The summed E-state index contributed by atoms with van der Waals surface area (Å²) < 4.78 is 12.7. The summed E-state index contributed by atoms with van der Waals surface area (Å²) in [4.78, 5) is 2.34. The van der Waals surface area contributed by atoms with E-state index in [0.717, 1.165) is 31.9 Å². The van der Waals surface area contributed by atoms with Gasteiger partial charge in [0, 0.05) is 45.8 Å². The topological polar surface area (TPSA) is 78.4 Å². The molecular weight excluding hydrogens is 246 g/mol. The molecule has 0 saturated heterocycles. The smallest absolute Gasteiger partial charge is 0.158 e. The van der Waals surface area contributed by atoms with E-state index < -0.39 is 0 Å². The Morgan fingerprint density at radius 3 is 2.79 bits per heavy atom. The van der Waals surface area contributed by atoms with E-state index in [1.165, 1.54) is 0 Å². The van der Waals surface area contributed by atoms with E-state index in [-0.39, 0.29) is 11.8 Å². The van der Waals surface area contributed by atoms with Gasteiger partial charge in [0.15, 0.2) is 6.29 Å². The van der Waals surface area contributed by atoms with Crippen LogP contribution in [0.2, 0.25) is 0 Å². The van der Waals surface area contributed by atoms with Crippen LogP contribution in [0.5, 0.6) is 0 Å². The molecular formula is C12H23N5O2. The average Bonchev–Trinajstić information content (AvgIpc) is 2.91. The summed E-state index contributed by atoms with van der Waals surface area (Å²) >= 11 is 0. The van der Waals surface area contributed by atoms with Gasteiger partial charge in [0.05, 0.1) is 6.54 Å². The lowest BCUT2D eigenvalue weighted by Gasteiger charge is -2.43. The highest BCUT2D eigenvalue weighted by Crippen LogP contribution is 2.25. The summed E-state index contributed by atoms with van der Waals surface area (Å²) in [5.41, 5.74) is 5.82. The molecule has 0 spiro atoms. The van der Waals surface area contributed by atoms with Gasteiger partial charge in [-0.1, -0.05) is 0 Å². The highest BCUT2D eigenvalue weighted by atomic mass is 16.7. The summed E-state index contributed by atoms with van der Waals surface area (Å²) in [6.07, 6.45) is 2.26. The third kappa shape index (κ3) is 2.94. The minimum atomic E-state index is -0.242. The highest BCUT2D eigenvalue weighted by molar-refractivity contribution is 4.97. The average molecular weight is 269 g/mol. The van der Waals surface area contributed by atoms with Gasteiger partial charge in [-0.25, -0.2) is 0 Å². The van der Waals surface area contributed by atoms with Crippen molar-refractivity contribution in [1.29, 1.82) is 0 Å². The number of aromatic nitrogens is 3. The second-order valence-corrected chi connectivity index (χ2v) is 5.17. The van der Waals surface area contributed by atoms with Gasteiger partial charge in [-0.2, -0.15) is 0 Å². The van der Waals surface area contributed by atoms with Gasteiger partial charge in [-0.3, -0.25) is 4.90 Å². The molecule has 2 rings (SSSR count). The van der Waals surface area contributed by atoms with Crippen molar-refractivity contribution in [2.45, 2.75) is 38.3 Å². The zero-order valence-corrected chi connectivity index (χ0v) is 11.9. The van der Waals surface area contributed by atoms with Crippen molar-refractivity contribution in [3.63, 3.8) is 0 Å². The molecule has 0 aliphatic carbocycles. The van der Waals surface area contributed by atoms with Crippen LogP contribution in [-0.4, -0.2) is 58.8 Å². The van der Waals surface area contributed by atoms with Crippen molar-refractivity contribution in [3.05, 3.63) is 12.2 Å². The maximum Gasteiger partial charge on any atom is 0.158 e. The SMILES string of the molecule is COC(CC(C)(CN)N1CCn2cnnc2C1)OC. The van der Waals surface area contributed by atoms with Gasteiger partial charge >= 0.3 is 0 Å². The predicted octanol–water partition coefficient (Wildman–Crippen LogP) is -0.180. The van der Waals surface area contributed by atoms with E-state index in [1.54, 1.807) is 20.5 Å². The number of fused-ring (bicyclic) bond motifs is 1. The third-order valence-electron chi connectivity index (χ3n) is 3.97. The molecule has 0 aromatic carbocycles. The number of rotatable bonds is 6. The van der Waals surface area contributed by atoms with Crippen LogP contribution in [0.1, 0.15) is 19.2 Å². The predicted molar refractivity (Wildman–Crippen MR) is 70.3 cm³/mol. The largest absolute Gasteiger partial charge is 0.356 e. The van der Waals surface area contributed by atoms with E-state index in [0.29, 0.717) is 6.54 Å². The molecule has 1 aliphatic rings. The Labute approximate surface area is 113 Å². The minimum Gasteiger partial charge on any atom is -0.356 e. The van der Waals surface area contributed by atoms with Crippen molar-refractivity contribution < 1.29 is 9.47 Å². The van der Waals surface area contributed by atoms with Crippen LogP contribution in [0.3, 0.4) is 0 Å². The molecule has 0 amide bonds. The molecule has 19 heavy (non-hydrogen) atoms. The molecule has 108 valence electrons. The molecule has 0 fully saturated rings. The van der Waals surface area contributed by atoms with Crippen LogP contribution in [0, 0.1) is 0 Å². The Balaban J connectivity index is 2.09. The summed E-state index contributed by atoms with van der Waals surface area (Å²) in [7, 11) is 3.30. The first kappa shape index (κ1) is 14.4. The number of hydrogen-bond acceptors (Lipinski definition) is 6. The van der Waals surface area contributed by atoms with Crippen molar-refractivity contribution in [2.75, 3.05) is 27.3 Å². The Bertz CT molecular complexity index is 407. The zero-order valence-electron chi connectivity index (χ0n) is 11.9. The molecule has 1 aromatic heterocycles. The maximum absolute atomic E-state index is 6.00. The summed E-state index contributed by atoms with van der Waals surface area (Å²) in [6, 6.07) is 0. The van der Waals surface area contributed by atoms with Crippen LogP contribution in [0.25, 0.3) is 0 Å². The number of nitrogens with zero attached hydrogens (tertiary/aromatic N) is 4. The van der Waals surface area contributed by atoms with E-state index in [9.17, 15) is 0 Å². The monoisotopic (exact) mass is 269 g/mol. The molecule has 2 heterocycles. The molecule has 2 N–H and O–H groups in total. The van der Waals surface area contributed by atoms with Gasteiger partial charge in [-0.15, -0.1) is 10.2 Å². The lowest BCUT2D eigenvalue weighted by atomic mass is 9.94. The number of nitrogens with two attached hydrogens (primary N) is 1. The summed E-state index contributed by atoms with van der Waals surface area (Å²) in [5, 5.41) is 8.09. The van der Waals surface area contributed by atoms with Gasteiger partial charge in [0.1, 0.15) is 12.2 Å². The van der Waals surface area contributed by atoms with E-state index in [2.05, 4.69) is 26.6 Å². The molecule has 0 bridgehead atoms. The van der Waals surface area contributed by atoms with Crippen molar-refractivity contribution in [2.24, 2.45) is 5.73 Å². The van der Waals surface area contributed by atoms with Gasteiger partial charge in [0.2, 0.25) is 0 Å². The number of methoxy groups -OCH3 is 2. The van der Waals surface area contributed by atoms with E-state index >= 15 is 0 Å². The second kappa shape index (κ2) is 5.96. The quantitative estimate of drug-likeness (QED) is 0.722. The fourth-order valence-electron chi connectivity index (χ4n) is 2.49. The standard InChI is InChI=1S/C12H23N5O2/c1-12(8-13,6-11(18-2)19-3)17-5-4-16-9-14-15-10(16)7-17/h9,11H,4-8,13H2,1-3H3. The normalized spacial score (nSPS) is 19.4. The molecule has 0 saturated carbocycles. The van der Waals surface area contributed by atoms with Crippen LogP contribution >= 0.6 is 0 Å². The zero-order chi connectivity index (χ0) is 13.9. The minimum absolute atomic E-state index is 0.173. The highest BCUT2D eigenvalue weighted by Gasteiger charge is 2.36. The van der Waals surface area contributed by atoms with E-state index in [4.69, 9.17) is 15.2 Å². The Hall–Kier alpha value is -1.02. The summed E-state index contributed by atoms with van der Waals surface area (Å²) in [6.45, 7) is 5.27. The van der Waals surface area contributed by atoms with Gasteiger partial charge < -0.3 is 19.8 Å². The molecule has 1 aliphatic heterocycles. The van der Waals surface area contributed by atoms with Crippen molar-refractivity contribution in [3.8, 4) is 0 Å². The lowest BCUT2D eigenvalue weighted by Crippen LogP contribution is -2.55. The van der Waals surface area contributed by atoms with Crippen LogP contribution < -0.4 is 5.73 Å². The molecule has 1 atom stereocenters.